The molecule has 1 amide bonds. The van der Waals surface area contributed by atoms with Gasteiger partial charge in [-0.15, -0.1) is 0 Å². The molecule has 0 saturated carbocycles. The Morgan fingerprint density at radius 2 is 1.97 bits per heavy atom. The predicted octanol–water partition coefficient (Wildman–Crippen LogP) is 2.69. The number of guanidine groups is 1. The molecule has 1 aliphatic heterocycles. The second-order valence-corrected chi connectivity index (χ2v) is 6.89. The molecule has 0 radical (unpaired) electrons. The quantitative estimate of drug-likeness (QED) is 0.597. The van der Waals surface area contributed by atoms with Crippen LogP contribution in [0.1, 0.15) is 25.5 Å². The lowest BCUT2D eigenvalue weighted by Gasteiger charge is -2.32. The molecule has 1 aromatic heterocycles. The average molecular weight is 399 g/mol. The largest absolute Gasteiger partial charge is 0.457 e. The molecule has 29 heavy (non-hydrogen) atoms. The number of nitrogens with one attached hydrogen (secondary N) is 2. The van der Waals surface area contributed by atoms with Crippen molar-refractivity contribution in [3.05, 3.63) is 54.1 Å². The number of likely N-dealkylation sites (tertiary alicyclic amines) is 1. The second kappa shape index (κ2) is 9.86. The van der Waals surface area contributed by atoms with Crippen LogP contribution in [0.3, 0.4) is 0 Å². The number of hydrogen-bond acceptors (Lipinski definition) is 4. The number of carbonyl (C=O) groups excluding carboxylic acids is 1. The molecule has 0 unspecified atom stereocenters. The summed E-state index contributed by atoms with van der Waals surface area (Å²) in [6.07, 6.45) is 3.45. The highest BCUT2D eigenvalue weighted by Gasteiger charge is 2.21. The number of ether oxygens (including phenoxy) is 1. The number of nitrogens with zero attached hydrogens (tertiary/aromatic N) is 3. The summed E-state index contributed by atoms with van der Waals surface area (Å²) in [6, 6.07) is 9.73. The lowest BCUT2D eigenvalue weighted by molar-refractivity contribution is -0.129. The van der Waals surface area contributed by atoms with Crippen molar-refractivity contribution in [2.75, 3.05) is 20.1 Å². The molecule has 7 nitrogen and oxygen atoms in total. The lowest BCUT2D eigenvalue weighted by atomic mass is 10.1. The van der Waals surface area contributed by atoms with Gasteiger partial charge in [0.1, 0.15) is 17.3 Å². The van der Waals surface area contributed by atoms with Crippen LogP contribution in [-0.4, -0.2) is 47.9 Å². The van der Waals surface area contributed by atoms with E-state index in [4.69, 9.17) is 4.74 Å². The Morgan fingerprint density at radius 3 is 2.62 bits per heavy atom. The Kier molecular flexibility index (Phi) is 6.99. The number of amides is 1. The van der Waals surface area contributed by atoms with Crippen LogP contribution < -0.4 is 15.4 Å². The molecule has 1 aromatic carbocycles. The van der Waals surface area contributed by atoms with E-state index in [-0.39, 0.29) is 17.8 Å². The molecule has 3 rings (SSSR count). The van der Waals surface area contributed by atoms with Crippen LogP contribution in [0.15, 0.2) is 47.6 Å². The van der Waals surface area contributed by atoms with Crippen molar-refractivity contribution >= 4 is 11.9 Å². The van der Waals surface area contributed by atoms with Crippen molar-refractivity contribution in [2.45, 2.75) is 32.4 Å². The van der Waals surface area contributed by atoms with Gasteiger partial charge >= 0.3 is 0 Å². The zero-order valence-corrected chi connectivity index (χ0v) is 16.7. The average Bonchev–Trinajstić information content (AvgIpc) is 2.73. The van der Waals surface area contributed by atoms with Crippen LogP contribution in [0.2, 0.25) is 0 Å². The van der Waals surface area contributed by atoms with E-state index in [9.17, 15) is 9.18 Å². The summed E-state index contributed by atoms with van der Waals surface area (Å²) in [4.78, 5) is 21.9. The molecule has 0 bridgehead atoms. The highest BCUT2D eigenvalue weighted by Crippen LogP contribution is 2.21. The Hall–Kier alpha value is -3.16. The number of rotatable bonds is 5. The van der Waals surface area contributed by atoms with Gasteiger partial charge in [-0.2, -0.15) is 0 Å². The minimum absolute atomic E-state index is 0.125. The summed E-state index contributed by atoms with van der Waals surface area (Å²) in [5.74, 6) is 1.70. The molecule has 2 aromatic rings. The third kappa shape index (κ3) is 6.17. The van der Waals surface area contributed by atoms with E-state index < -0.39 is 0 Å². The van der Waals surface area contributed by atoms with Crippen molar-refractivity contribution in [1.82, 2.24) is 20.5 Å². The second-order valence-electron chi connectivity index (χ2n) is 6.89. The summed E-state index contributed by atoms with van der Waals surface area (Å²) in [5.41, 5.74) is 0.791. The van der Waals surface area contributed by atoms with Crippen LogP contribution in [0.4, 0.5) is 4.39 Å². The Balaban J connectivity index is 1.50. The number of benzene rings is 1. The lowest BCUT2D eigenvalue weighted by Crippen LogP contribution is -2.49. The number of carbonyl (C=O) groups is 1. The molecular weight excluding hydrogens is 373 g/mol. The molecule has 1 saturated heterocycles. The van der Waals surface area contributed by atoms with Gasteiger partial charge in [0.05, 0.1) is 12.2 Å². The van der Waals surface area contributed by atoms with E-state index in [1.165, 1.54) is 12.1 Å². The van der Waals surface area contributed by atoms with Gasteiger partial charge in [0.25, 0.3) is 0 Å². The van der Waals surface area contributed by atoms with E-state index in [1.54, 1.807) is 38.4 Å². The molecule has 1 fully saturated rings. The van der Waals surface area contributed by atoms with Gasteiger partial charge in [0.2, 0.25) is 5.91 Å². The molecule has 8 heteroatoms. The summed E-state index contributed by atoms with van der Waals surface area (Å²) >= 11 is 0. The first-order valence-corrected chi connectivity index (χ1v) is 9.64. The van der Waals surface area contributed by atoms with Crippen molar-refractivity contribution < 1.29 is 13.9 Å². The molecule has 2 N–H and O–H groups in total. The molecule has 0 atom stereocenters. The minimum atomic E-state index is -0.303. The molecular formula is C21H26FN5O2. The van der Waals surface area contributed by atoms with Crippen molar-refractivity contribution in [1.29, 1.82) is 0 Å². The number of hydrogen-bond donors (Lipinski definition) is 2. The van der Waals surface area contributed by atoms with Crippen molar-refractivity contribution in [3.63, 3.8) is 0 Å². The van der Waals surface area contributed by atoms with E-state index in [2.05, 4.69) is 20.6 Å². The smallest absolute Gasteiger partial charge is 0.219 e. The molecule has 0 aliphatic carbocycles. The SMILES string of the molecule is CN=C(NCc1cc(Oc2ccc(F)cc2)ccn1)NC1CCN(C(C)=O)CC1. The Morgan fingerprint density at radius 1 is 1.24 bits per heavy atom. The van der Waals surface area contributed by atoms with E-state index in [1.807, 2.05) is 11.0 Å². The highest BCUT2D eigenvalue weighted by molar-refractivity contribution is 5.80. The van der Waals surface area contributed by atoms with Crippen LogP contribution in [0.25, 0.3) is 0 Å². The van der Waals surface area contributed by atoms with Gasteiger partial charge in [-0.25, -0.2) is 4.39 Å². The zero-order valence-electron chi connectivity index (χ0n) is 16.7. The van der Waals surface area contributed by atoms with Gasteiger partial charge in [0.15, 0.2) is 5.96 Å². The maximum absolute atomic E-state index is 13.0. The van der Waals surface area contributed by atoms with E-state index in [0.29, 0.717) is 24.0 Å². The summed E-state index contributed by atoms with van der Waals surface area (Å²) in [5, 5.41) is 6.66. The predicted molar refractivity (Wildman–Crippen MR) is 109 cm³/mol. The van der Waals surface area contributed by atoms with Crippen LogP contribution >= 0.6 is 0 Å². The Bertz CT molecular complexity index is 848. The normalized spacial score (nSPS) is 15.1. The summed E-state index contributed by atoms with van der Waals surface area (Å²) in [6.45, 7) is 3.60. The molecule has 1 aliphatic rings. The number of pyridine rings is 1. The first kappa shape index (κ1) is 20.6. The van der Waals surface area contributed by atoms with Gasteiger partial charge in [-0.3, -0.25) is 14.8 Å². The highest BCUT2D eigenvalue weighted by atomic mass is 19.1. The van der Waals surface area contributed by atoms with Gasteiger partial charge in [-0.1, -0.05) is 0 Å². The first-order chi connectivity index (χ1) is 14.0. The molecule has 0 spiro atoms. The maximum Gasteiger partial charge on any atom is 0.219 e. The van der Waals surface area contributed by atoms with Crippen LogP contribution in [0, 0.1) is 5.82 Å². The van der Waals surface area contributed by atoms with E-state index >= 15 is 0 Å². The van der Waals surface area contributed by atoms with E-state index in [0.717, 1.165) is 31.6 Å². The first-order valence-electron chi connectivity index (χ1n) is 9.64. The monoisotopic (exact) mass is 399 g/mol. The van der Waals surface area contributed by atoms with Gasteiger partial charge in [-0.05, 0) is 43.2 Å². The fourth-order valence-electron chi connectivity index (χ4n) is 3.16. The Labute approximate surface area is 170 Å². The summed E-state index contributed by atoms with van der Waals surface area (Å²) < 4.78 is 18.8. The summed E-state index contributed by atoms with van der Waals surface area (Å²) in [7, 11) is 1.72. The third-order valence-corrected chi connectivity index (χ3v) is 4.78. The third-order valence-electron chi connectivity index (χ3n) is 4.78. The topological polar surface area (TPSA) is 78.9 Å². The van der Waals surface area contributed by atoms with Crippen LogP contribution in [0.5, 0.6) is 11.5 Å². The number of aliphatic imine (C=N–C) groups is 1. The fraction of sp³-hybridized carbons (Fsp3) is 0.381. The fourth-order valence-corrected chi connectivity index (χ4v) is 3.16. The number of aromatic nitrogens is 1. The molecule has 2 heterocycles. The van der Waals surface area contributed by atoms with Gasteiger partial charge in [0, 0.05) is 45.4 Å². The maximum atomic E-state index is 13.0. The van der Waals surface area contributed by atoms with Crippen LogP contribution in [-0.2, 0) is 11.3 Å². The molecule has 154 valence electrons. The standard InChI is InChI=1S/C21H26FN5O2/c1-15(28)27-11-8-17(9-12-27)26-21(23-2)25-14-18-13-20(7-10-24-18)29-19-5-3-16(22)4-6-19/h3-7,10,13,17H,8-9,11-12,14H2,1-2H3,(H2,23,25,26). The minimum Gasteiger partial charge on any atom is -0.457 e. The van der Waals surface area contributed by atoms with Crippen molar-refractivity contribution in [3.8, 4) is 11.5 Å². The number of piperidine rings is 1. The zero-order chi connectivity index (χ0) is 20.6. The van der Waals surface area contributed by atoms with Crippen molar-refractivity contribution in [2.24, 2.45) is 4.99 Å². The van der Waals surface area contributed by atoms with Gasteiger partial charge < -0.3 is 20.3 Å². The number of halogens is 1.